The lowest BCUT2D eigenvalue weighted by Crippen LogP contribution is -2.26. The van der Waals surface area contributed by atoms with Gasteiger partial charge in [-0.2, -0.15) is 0 Å². The van der Waals surface area contributed by atoms with Crippen LogP contribution < -0.4 is 11.0 Å². The molecule has 2 rings (SSSR count). The lowest BCUT2D eigenvalue weighted by Gasteiger charge is -2.09. The number of fused-ring (bicyclic) bond motifs is 1. The minimum Gasteiger partial charge on any atom is -0.503 e. The zero-order chi connectivity index (χ0) is 15.6. The second kappa shape index (κ2) is 5.80. The molecule has 0 spiro atoms. The first-order valence-corrected chi connectivity index (χ1v) is 6.17. The van der Waals surface area contributed by atoms with Gasteiger partial charge in [-0.15, -0.1) is 0 Å². The zero-order valence-electron chi connectivity index (χ0n) is 11.3. The number of hydrogen-bond donors (Lipinski definition) is 2. The van der Waals surface area contributed by atoms with Crippen LogP contribution in [0.15, 0.2) is 28.2 Å². The predicted molar refractivity (Wildman–Crippen MR) is 73.0 cm³/mol. The average Bonchev–Trinajstić information content (AvgIpc) is 2.44. The van der Waals surface area contributed by atoms with Crippen molar-refractivity contribution in [3.05, 3.63) is 44.7 Å². The van der Waals surface area contributed by atoms with Gasteiger partial charge in [0.05, 0.1) is 0 Å². The maximum Gasteiger partial charge on any atom is 0.341 e. The van der Waals surface area contributed by atoms with Gasteiger partial charge in [-0.1, -0.05) is 0 Å². The number of pyridine rings is 1. The van der Waals surface area contributed by atoms with Crippen molar-refractivity contribution in [3.63, 3.8) is 0 Å². The molecule has 0 aliphatic heterocycles. The van der Waals surface area contributed by atoms with Gasteiger partial charge in [0.15, 0.2) is 11.3 Å². The number of carbonyl (C=O) groups is 1. The highest BCUT2D eigenvalue weighted by molar-refractivity contribution is 5.88. The molecule has 0 aliphatic carbocycles. The second-order valence-electron chi connectivity index (χ2n) is 4.42. The molecule has 2 aromatic heterocycles. The first kappa shape index (κ1) is 14.8. The van der Waals surface area contributed by atoms with Gasteiger partial charge in [0.2, 0.25) is 5.43 Å². The maximum absolute atomic E-state index is 12.2. The minimum absolute atomic E-state index is 0.245. The maximum atomic E-state index is 12.2. The first-order valence-electron chi connectivity index (χ1n) is 6.17. The molecule has 8 nitrogen and oxygen atoms in total. The van der Waals surface area contributed by atoms with E-state index in [1.807, 2.05) is 0 Å². The molecule has 21 heavy (non-hydrogen) atoms. The Morgan fingerprint density at radius 3 is 2.67 bits per heavy atom. The molecule has 0 aromatic carbocycles. The summed E-state index contributed by atoms with van der Waals surface area (Å²) in [6, 6.07) is 0. The summed E-state index contributed by atoms with van der Waals surface area (Å²) in [5.74, 6) is -2.32. The number of aromatic hydroxyl groups is 1. The summed E-state index contributed by atoms with van der Waals surface area (Å²) in [5.41, 5.74) is -2.49. The van der Waals surface area contributed by atoms with Gasteiger partial charge in [-0.3, -0.25) is 9.59 Å². The van der Waals surface area contributed by atoms with Crippen LogP contribution in [0, 0.1) is 0 Å². The summed E-state index contributed by atoms with van der Waals surface area (Å²) in [6.07, 6.45) is 4.47. The molecule has 2 heterocycles. The van der Waals surface area contributed by atoms with Crippen LogP contribution in [0.5, 0.6) is 5.75 Å². The number of ether oxygens (including phenoxy) is 1. The minimum atomic E-state index is -1.46. The number of carboxylic acids is 1. The van der Waals surface area contributed by atoms with Crippen LogP contribution >= 0.6 is 0 Å². The normalized spacial score (nSPS) is 10.9. The first-order chi connectivity index (χ1) is 9.97. The Labute approximate surface area is 118 Å². The number of hydrogen-bond acceptors (Lipinski definition) is 5. The van der Waals surface area contributed by atoms with Gasteiger partial charge in [-0.25, -0.2) is 4.79 Å². The van der Waals surface area contributed by atoms with E-state index in [0.717, 1.165) is 10.6 Å². The largest absolute Gasteiger partial charge is 0.503 e. The van der Waals surface area contributed by atoms with Crippen LogP contribution in [0.3, 0.4) is 0 Å². The number of carboxylic acid groups (broad SMARTS) is 1. The molecule has 0 radical (unpaired) electrons. The van der Waals surface area contributed by atoms with Crippen molar-refractivity contribution < 1.29 is 19.7 Å². The molecule has 112 valence electrons. The molecule has 0 unspecified atom stereocenters. The molecule has 8 heteroatoms. The lowest BCUT2D eigenvalue weighted by molar-refractivity contribution is 0.0694. The molecule has 0 aliphatic rings. The van der Waals surface area contributed by atoms with Crippen LogP contribution in [-0.2, 0) is 11.3 Å². The molecular weight excluding hydrogens is 280 g/mol. The molecule has 2 N–H and O–H groups in total. The number of aromatic nitrogens is 2. The van der Waals surface area contributed by atoms with Crippen LogP contribution in [0.4, 0.5) is 0 Å². The van der Waals surface area contributed by atoms with Gasteiger partial charge >= 0.3 is 5.97 Å². The van der Waals surface area contributed by atoms with Gasteiger partial charge in [0, 0.05) is 38.9 Å². The Kier molecular flexibility index (Phi) is 4.08. The monoisotopic (exact) mass is 294 g/mol. The van der Waals surface area contributed by atoms with Crippen molar-refractivity contribution in [3.8, 4) is 5.75 Å². The topological polar surface area (TPSA) is 110 Å². The number of rotatable bonds is 5. The molecule has 0 amide bonds. The highest BCUT2D eigenvalue weighted by Gasteiger charge is 2.18. The molecule has 2 aromatic rings. The van der Waals surface area contributed by atoms with E-state index < -0.39 is 28.3 Å². The number of aromatic carboxylic acids is 1. The van der Waals surface area contributed by atoms with E-state index in [1.54, 1.807) is 7.11 Å². The fourth-order valence-corrected chi connectivity index (χ4v) is 2.01. The molecule has 0 saturated carbocycles. The summed E-state index contributed by atoms with van der Waals surface area (Å²) in [6.45, 7) is 0.825. The Balaban J connectivity index is 2.63. The Morgan fingerprint density at radius 1 is 1.33 bits per heavy atom. The fourth-order valence-electron chi connectivity index (χ4n) is 2.01. The van der Waals surface area contributed by atoms with E-state index in [1.165, 1.54) is 17.0 Å². The van der Waals surface area contributed by atoms with Crippen LogP contribution in [0.25, 0.3) is 5.52 Å². The highest BCUT2D eigenvalue weighted by Crippen LogP contribution is 2.10. The van der Waals surface area contributed by atoms with E-state index >= 15 is 0 Å². The van der Waals surface area contributed by atoms with Gasteiger partial charge in [0.1, 0.15) is 5.56 Å². The van der Waals surface area contributed by atoms with E-state index in [-0.39, 0.29) is 5.52 Å². The van der Waals surface area contributed by atoms with Crippen molar-refractivity contribution in [2.24, 2.45) is 0 Å². The van der Waals surface area contributed by atoms with Crippen LogP contribution in [0.2, 0.25) is 0 Å². The molecule has 0 fully saturated rings. The smallest absolute Gasteiger partial charge is 0.341 e. The Bertz CT molecular complexity index is 805. The molecule has 0 saturated heterocycles. The summed E-state index contributed by atoms with van der Waals surface area (Å²) in [7, 11) is 1.54. The van der Waals surface area contributed by atoms with Crippen LogP contribution in [0.1, 0.15) is 16.8 Å². The zero-order valence-corrected chi connectivity index (χ0v) is 11.3. The summed E-state index contributed by atoms with van der Waals surface area (Å²) < 4.78 is 7.35. The Morgan fingerprint density at radius 2 is 2.05 bits per heavy atom. The molecule has 0 bridgehead atoms. The van der Waals surface area contributed by atoms with Crippen molar-refractivity contribution >= 4 is 11.5 Å². The van der Waals surface area contributed by atoms with Gasteiger partial charge < -0.3 is 23.9 Å². The number of nitrogens with zero attached hydrogens (tertiary/aromatic N) is 2. The molecule has 0 atom stereocenters. The summed E-state index contributed by atoms with van der Waals surface area (Å²) in [5, 5.41) is 18.7. The van der Waals surface area contributed by atoms with E-state index in [4.69, 9.17) is 9.84 Å². The second-order valence-corrected chi connectivity index (χ2v) is 4.42. The molecular formula is C13H14N2O6. The Hall–Kier alpha value is -2.61. The van der Waals surface area contributed by atoms with Gasteiger partial charge in [0.25, 0.3) is 5.56 Å². The van der Waals surface area contributed by atoms with Crippen molar-refractivity contribution in [2.75, 3.05) is 13.7 Å². The number of methoxy groups -OCH3 is 1. The third-order valence-corrected chi connectivity index (χ3v) is 3.06. The van der Waals surface area contributed by atoms with Crippen molar-refractivity contribution in [1.82, 2.24) is 8.97 Å². The van der Waals surface area contributed by atoms with Crippen LogP contribution in [-0.4, -0.2) is 38.9 Å². The third kappa shape index (κ3) is 2.65. The van der Waals surface area contributed by atoms with Crippen molar-refractivity contribution in [2.45, 2.75) is 13.0 Å². The SMILES string of the molecule is COCCCn1ccn2cc(C(=O)O)c(=O)c(O)c2c1=O. The third-order valence-electron chi connectivity index (χ3n) is 3.06. The quantitative estimate of drug-likeness (QED) is 0.745. The van der Waals surface area contributed by atoms with E-state index in [2.05, 4.69) is 0 Å². The summed E-state index contributed by atoms with van der Waals surface area (Å²) in [4.78, 5) is 34.9. The van der Waals surface area contributed by atoms with Gasteiger partial charge in [-0.05, 0) is 6.42 Å². The standard InChI is InChI=1S/C13H14N2O6/c1-21-6-2-3-14-4-5-15-7-8(13(19)20)10(16)11(17)9(15)12(14)18/h4-5,7,17H,2-3,6H2,1H3,(H,19,20). The lowest BCUT2D eigenvalue weighted by atomic mass is 10.2. The van der Waals surface area contributed by atoms with Crippen molar-refractivity contribution in [1.29, 1.82) is 0 Å². The van der Waals surface area contributed by atoms with E-state index in [9.17, 15) is 19.5 Å². The van der Waals surface area contributed by atoms with E-state index in [0.29, 0.717) is 19.6 Å². The number of aryl methyl sites for hydroxylation is 1. The predicted octanol–water partition coefficient (Wildman–Crippen LogP) is -0.0985. The fraction of sp³-hybridized carbons (Fsp3) is 0.308. The highest BCUT2D eigenvalue weighted by atomic mass is 16.5. The average molecular weight is 294 g/mol. The summed E-state index contributed by atoms with van der Waals surface area (Å²) >= 11 is 0.